The van der Waals surface area contributed by atoms with E-state index in [1.807, 2.05) is 18.2 Å². The topological polar surface area (TPSA) is 62.4 Å². The van der Waals surface area contributed by atoms with E-state index in [1.54, 1.807) is 13.2 Å². The first-order valence-electron chi connectivity index (χ1n) is 9.19. The number of rotatable bonds is 6. The fraction of sp³-hybridized carbons (Fsp3) is 0.381. The number of hydrogen-bond donors (Lipinski definition) is 3. The predicted molar refractivity (Wildman–Crippen MR) is 105 cm³/mol. The Hall–Kier alpha value is -2.53. The molecule has 1 aliphatic rings. The van der Waals surface area contributed by atoms with Crippen molar-refractivity contribution in [2.75, 3.05) is 25.5 Å². The van der Waals surface area contributed by atoms with Crippen LogP contribution in [-0.4, -0.2) is 32.3 Å². The van der Waals surface area contributed by atoms with Gasteiger partial charge in [0.25, 0.3) is 0 Å². The second kappa shape index (κ2) is 9.25. The van der Waals surface area contributed by atoms with Gasteiger partial charge < -0.3 is 20.7 Å². The average Bonchev–Trinajstić information content (AvgIpc) is 2.68. The van der Waals surface area contributed by atoms with Crippen molar-refractivity contribution in [1.29, 1.82) is 0 Å². The Morgan fingerprint density at radius 3 is 2.73 bits per heavy atom. The fourth-order valence-corrected chi connectivity index (χ4v) is 3.36. The van der Waals surface area contributed by atoms with E-state index < -0.39 is 0 Å². The third-order valence-corrected chi connectivity index (χ3v) is 4.82. The highest BCUT2D eigenvalue weighted by Gasteiger charge is 2.21. The summed E-state index contributed by atoms with van der Waals surface area (Å²) in [5.74, 6) is 1.39. The maximum absolute atomic E-state index is 12.1. The Bertz CT molecular complexity index is 697. The van der Waals surface area contributed by atoms with E-state index in [2.05, 4.69) is 46.3 Å². The number of carbonyl (C=O) groups excluding carboxylic acids is 1. The summed E-state index contributed by atoms with van der Waals surface area (Å²) < 4.78 is 5.16. The summed E-state index contributed by atoms with van der Waals surface area (Å²) in [7, 11) is 1.61. The number of anilines is 1. The first-order chi connectivity index (χ1) is 12.7. The normalized spacial score (nSPS) is 19.6. The number of amides is 2. The van der Waals surface area contributed by atoms with Crippen LogP contribution in [-0.2, 0) is 6.42 Å². The lowest BCUT2D eigenvalue weighted by Gasteiger charge is -2.30. The lowest BCUT2D eigenvalue weighted by Crippen LogP contribution is -2.47. The van der Waals surface area contributed by atoms with Gasteiger partial charge in [-0.05, 0) is 49.4 Å². The molecule has 0 aromatic heterocycles. The lowest BCUT2D eigenvalue weighted by atomic mass is 9.89. The van der Waals surface area contributed by atoms with E-state index in [9.17, 15) is 4.79 Å². The quantitative estimate of drug-likeness (QED) is 0.746. The van der Waals surface area contributed by atoms with Gasteiger partial charge in [-0.15, -0.1) is 0 Å². The highest BCUT2D eigenvalue weighted by molar-refractivity contribution is 5.89. The summed E-state index contributed by atoms with van der Waals surface area (Å²) in [4.78, 5) is 12.1. The smallest absolute Gasteiger partial charge is 0.319 e. The molecule has 5 nitrogen and oxygen atoms in total. The van der Waals surface area contributed by atoms with Crippen molar-refractivity contribution in [3.63, 3.8) is 0 Å². The van der Waals surface area contributed by atoms with Gasteiger partial charge in [0.1, 0.15) is 5.75 Å². The van der Waals surface area contributed by atoms with Crippen LogP contribution in [0, 0.1) is 5.92 Å². The zero-order valence-electron chi connectivity index (χ0n) is 15.2. The number of ether oxygens (including phenoxy) is 1. The predicted octanol–water partition coefficient (Wildman–Crippen LogP) is 3.43. The molecule has 2 atom stereocenters. The Kier molecular flexibility index (Phi) is 6.50. The van der Waals surface area contributed by atoms with Crippen molar-refractivity contribution in [3.8, 4) is 5.75 Å². The molecule has 1 saturated heterocycles. The molecule has 0 spiro atoms. The van der Waals surface area contributed by atoms with E-state index in [-0.39, 0.29) is 6.03 Å². The Labute approximate surface area is 155 Å². The Balaban J connectivity index is 1.37. The second-order valence-electron chi connectivity index (χ2n) is 6.81. The van der Waals surface area contributed by atoms with Crippen LogP contribution in [0.4, 0.5) is 10.5 Å². The van der Waals surface area contributed by atoms with Gasteiger partial charge in [-0.2, -0.15) is 0 Å². The highest BCUT2D eigenvalue weighted by Crippen LogP contribution is 2.19. The average molecular weight is 353 g/mol. The van der Waals surface area contributed by atoms with Crippen LogP contribution in [0.2, 0.25) is 0 Å². The number of benzene rings is 2. The van der Waals surface area contributed by atoms with Crippen molar-refractivity contribution < 1.29 is 9.53 Å². The molecule has 1 heterocycles. The van der Waals surface area contributed by atoms with E-state index >= 15 is 0 Å². The number of carbonyl (C=O) groups is 1. The van der Waals surface area contributed by atoms with Crippen LogP contribution < -0.4 is 20.7 Å². The second-order valence-corrected chi connectivity index (χ2v) is 6.81. The number of hydrogen-bond acceptors (Lipinski definition) is 3. The largest absolute Gasteiger partial charge is 0.497 e. The molecule has 0 unspecified atom stereocenters. The van der Waals surface area contributed by atoms with Crippen LogP contribution in [0.5, 0.6) is 5.75 Å². The minimum absolute atomic E-state index is 0.188. The summed E-state index contributed by atoms with van der Waals surface area (Å²) in [5, 5.41) is 9.35. The van der Waals surface area contributed by atoms with Crippen LogP contribution >= 0.6 is 0 Å². The molecule has 1 fully saturated rings. The zero-order valence-corrected chi connectivity index (χ0v) is 15.2. The Morgan fingerprint density at radius 2 is 2.00 bits per heavy atom. The van der Waals surface area contributed by atoms with Crippen molar-refractivity contribution >= 4 is 11.7 Å². The Morgan fingerprint density at radius 1 is 1.15 bits per heavy atom. The molecular formula is C21H27N3O2. The molecule has 0 saturated carbocycles. The molecule has 0 bridgehead atoms. The molecule has 1 aliphatic heterocycles. The fourth-order valence-electron chi connectivity index (χ4n) is 3.36. The number of piperidine rings is 1. The summed E-state index contributed by atoms with van der Waals surface area (Å²) in [6.45, 7) is 1.63. The third-order valence-electron chi connectivity index (χ3n) is 4.82. The SMILES string of the molecule is COc1cccc(NC(=O)NC[C@H]2CC[C@H](Cc3ccccc3)CN2)c1. The monoisotopic (exact) mass is 353 g/mol. The number of urea groups is 1. The highest BCUT2D eigenvalue weighted by atomic mass is 16.5. The zero-order chi connectivity index (χ0) is 18.2. The molecule has 2 aromatic rings. The molecular weight excluding hydrogens is 326 g/mol. The van der Waals surface area contributed by atoms with E-state index in [1.165, 1.54) is 12.0 Å². The van der Waals surface area contributed by atoms with Gasteiger partial charge in [0.05, 0.1) is 7.11 Å². The maximum atomic E-state index is 12.1. The lowest BCUT2D eigenvalue weighted by molar-refractivity contribution is 0.247. The van der Waals surface area contributed by atoms with Gasteiger partial charge in [-0.1, -0.05) is 36.4 Å². The van der Waals surface area contributed by atoms with Gasteiger partial charge in [0, 0.05) is 24.3 Å². The maximum Gasteiger partial charge on any atom is 0.319 e. The summed E-state index contributed by atoms with van der Waals surface area (Å²) in [6.07, 6.45) is 3.38. The molecule has 138 valence electrons. The van der Waals surface area contributed by atoms with Crippen LogP contribution in [0.15, 0.2) is 54.6 Å². The molecule has 3 rings (SSSR count). The van der Waals surface area contributed by atoms with Crippen LogP contribution in [0.25, 0.3) is 0 Å². The first kappa shape index (κ1) is 18.3. The van der Waals surface area contributed by atoms with E-state index in [0.717, 1.165) is 30.8 Å². The number of methoxy groups -OCH3 is 1. The molecule has 5 heteroatoms. The summed E-state index contributed by atoms with van der Waals surface area (Å²) in [5.41, 5.74) is 2.12. The van der Waals surface area contributed by atoms with E-state index in [4.69, 9.17) is 4.74 Å². The van der Waals surface area contributed by atoms with Crippen molar-refractivity contribution in [1.82, 2.24) is 10.6 Å². The first-order valence-corrected chi connectivity index (χ1v) is 9.19. The molecule has 0 aliphatic carbocycles. The summed E-state index contributed by atoms with van der Waals surface area (Å²) >= 11 is 0. The van der Waals surface area contributed by atoms with Gasteiger partial charge in [0.2, 0.25) is 0 Å². The molecule has 0 radical (unpaired) electrons. The summed E-state index contributed by atoms with van der Waals surface area (Å²) in [6, 6.07) is 18.1. The van der Waals surface area contributed by atoms with Crippen molar-refractivity contribution in [2.24, 2.45) is 5.92 Å². The third kappa shape index (κ3) is 5.49. The standard InChI is InChI=1S/C21H27N3O2/c1-26-20-9-5-8-18(13-20)24-21(25)23-15-19-11-10-17(14-22-19)12-16-6-3-2-4-7-16/h2-9,13,17,19,22H,10-12,14-15H2,1H3,(H2,23,24,25)/t17-,19-/m1/s1. The molecule has 2 aromatic carbocycles. The van der Waals surface area contributed by atoms with E-state index in [0.29, 0.717) is 18.5 Å². The minimum atomic E-state index is -0.188. The van der Waals surface area contributed by atoms with Crippen molar-refractivity contribution in [3.05, 3.63) is 60.2 Å². The minimum Gasteiger partial charge on any atom is -0.497 e. The van der Waals surface area contributed by atoms with Gasteiger partial charge in [-0.3, -0.25) is 0 Å². The van der Waals surface area contributed by atoms with Gasteiger partial charge >= 0.3 is 6.03 Å². The molecule has 3 N–H and O–H groups in total. The number of nitrogens with one attached hydrogen (secondary N) is 3. The van der Waals surface area contributed by atoms with Crippen LogP contribution in [0.3, 0.4) is 0 Å². The molecule has 2 amide bonds. The van der Waals surface area contributed by atoms with Crippen molar-refractivity contribution in [2.45, 2.75) is 25.3 Å². The van der Waals surface area contributed by atoms with Gasteiger partial charge in [0.15, 0.2) is 0 Å². The van der Waals surface area contributed by atoms with Crippen LogP contribution in [0.1, 0.15) is 18.4 Å². The molecule has 26 heavy (non-hydrogen) atoms. The van der Waals surface area contributed by atoms with Gasteiger partial charge in [-0.25, -0.2) is 4.79 Å².